The van der Waals surface area contributed by atoms with Crippen LogP contribution in [0.2, 0.25) is 0 Å². The summed E-state index contributed by atoms with van der Waals surface area (Å²) >= 11 is 0. The van der Waals surface area contributed by atoms with Crippen molar-refractivity contribution in [2.75, 3.05) is 0 Å². The Hall–Kier alpha value is -3.03. The van der Waals surface area contributed by atoms with Gasteiger partial charge in [-0.1, -0.05) is 6.92 Å². The molecule has 5 nitrogen and oxygen atoms in total. The molecule has 0 atom stereocenters. The van der Waals surface area contributed by atoms with Gasteiger partial charge in [-0.25, -0.2) is 4.79 Å². The summed E-state index contributed by atoms with van der Waals surface area (Å²) in [5, 5.41) is 9.26. The SMILES string of the molecule is CCC(=Cc1c(C)cc2c(=O)[nH]c3cc(C(F)(F)F)ccc3n12)C(=O)O. The van der Waals surface area contributed by atoms with E-state index in [-0.39, 0.29) is 23.0 Å². The number of carboxylic acids is 1. The smallest absolute Gasteiger partial charge is 0.416 e. The number of carboxylic acid groups (broad SMARTS) is 1. The molecule has 26 heavy (non-hydrogen) atoms. The van der Waals surface area contributed by atoms with Crippen LogP contribution in [0.3, 0.4) is 0 Å². The minimum Gasteiger partial charge on any atom is -0.478 e. The van der Waals surface area contributed by atoms with Crippen molar-refractivity contribution in [1.29, 1.82) is 0 Å². The number of alkyl halides is 3. The third-order valence-electron chi connectivity index (χ3n) is 4.25. The molecule has 0 spiro atoms. The van der Waals surface area contributed by atoms with Gasteiger partial charge in [-0.15, -0.1) is 0 Å². The van der Waals surface area contributed by atoms with Crippen LogP contribution in [-0.2, 0) is 11.0 Å². The number of H-pyrrole nitrogens is 1. The predicted molar refractivity (Wildman–Crippen MR) is 91.2 cm³/mol. The second kappa shape index (κ2) is 6.05. The number of aryl methyl sites for hydroxylation is 1. The second-order valence-corrected chi connectivity index (χ2v) is 5.95. The Labute approximate surface area is 145 Å². The maximum absolute atomic E-state index is 12.9. The van der Waals surface area contributed by atoms with Gasteiger partial charge in [0.2, 0.25) is 0 Å². The van der Waals surface area contributed by atoms with Gasteiger partial charge in [-0.3, -0.25) is 4.79 Å². The van der Waals surface area contributed by atoms with E-state index in [1.165, 1.54) is 16.5 Å². The molecule has 0 fully saturated rings. The number of carbonyl (C=O) groups is 1. The van der Waals surface area contributed by atoms with Crippen LogP contribution in [0.4, 0.5) is 13.2 Å². The van der Waals surface area contributed by atoms with Crippen LogP contribution >= 0.6 is 0 Å². The quantitative estimate of drug-likeness (QED) is 0.690. The van der Waals surface area contributed by atoms with Gasteiger partial charge in [0.25, 0.3) is 5.56 Å². The first-order valence-electron chi connectivity index (χ1n) is 7.82. The molecule has 0 radical (unpaired) electrons. The van der Waals surface area contributed by atoms with E-state index >= 15 is 0 Å². The molecule has 0 aliphatic rings. The highest BCUT2D eigenvalue weighted by Crippen LogP contribution is 2.31. The molecule has 2 N–H and O–H groups in total. The molecule has 0 bridgehead atoms. The number of benzene rings is 1. The first-order valence-corrected chi connectivity index (χ1v) is 7.82. The minimum absolute atomic E-state index is 0.0240. The number of fused-ring (bicyclic) bond motifs is 3. The molecule has 2 heterocycles. The molecule has 2 aromatic heterocycles. The fourth-order valence-electron chi connectivity index (χ4n) is 2.93. The van der Waals surface area contributed by atoms with Crippen LogP contribution in [-0.4, -0.2) is 20.5 Å². The van der Waals surface area contributed by atoms with E-state index in [0.717, 1.165) is 12.1 Å². The summed E-state index contributed by atoms with van der Waals surface area (Å²) in [6.07, 6.45) is -2.82. The monoisotopic (exact) mass is 364 g/mol. The van der Waals surface area contributed by atoms with E-state index < -0.39 is 23.3 Å². The molecule has 0 saturated carbocycles. The first kappa shape index (κ1) is 17.8. The Morgan fingerprint density at radius 3 is 2.54 bits per heavy atom. The number of rotatable bonds is 3. The Morgan fingerprint density at radius 1 is 1.27 bits per heavy atom. The van der Waals surface area contributed by atoms with Gasteiger partial charge in [-0.05, 0) is 49.2 Å². The molecule has 8 heteroatoms. The number of nitrogens with one attached hydrogen (secondary N) is 1. The summed E-state index contributed by atoms with van der Waals surface area (Å²) < 4.78 is 40.3. The van der Waals surface area contributed by atoms with Crippen LogP contribution in [0.5, 0.6) is 0 Å². The van der Waals surface area contributed by atoms with Crippen LogP contribution in [0.1, 0.15) is 30.2 Å². The molecular formula is C18H15F3N2O3. The van der Waals surface area contributed by atoms with Crippen molar-refractivity contribution >= 4 is 28.6 Å². The Balaban J connectivity index is 2.42. The van der Waals surface area contributed by atoms with Gasteiger partial charge in [0.1, 0.15) is 5.52 Å². The number of aliphatic carboxylic acids is 1. The highest BCUT2D eigenvalue weighted by atomic mass is 19.4. The van der Waals surface area contributed by atoms with Crippen LogP contribution < -0.4 is 5.56 Å². The van der Waals surface area contributed by atoms with Crippen molar-refractivity contribution in [2.45, 2.75) is 26.4 Å². The van der Waals surface area contributed by atoms with Crippen LogP contribution in [0.15, 0.2) is 34.6 Å². The number of hydrogen-bond donors (Lipinski definition) is 2. The Morgan fingerprint density at radius 2 is 1.96 bits per heavy atom. The third kappa shape index (κ3) is 2.87. The summed E-state index contributed by atoms with van der Waals surface area (Å²) in [6.45, 7) is 3.40. The number of halogens is 3. The number of hydrogen-bond acceptors (Lipinski definition) is 2. The zero-order valence-corrected chi connectivity index (χ0v) is 13.9. The van der Waals surface area contributed by atoms with Crippen molar-refractivity contribution in [3.63, 3.8) is 0 Å². The average molecular weight is 364 g/mol. The first-order chi connectivity index (χ1) is 12.1. The summed E-state index contributed by atoms with van der Waals surface area (Å²) in [5.41, 5.74) is 0.429. The topological polar surface area (TPSA) is 74.6 Å². The van der Waals surface area contributed by atoms with E-state index in [0.29, 0.717) is 16.8 Å². The van der Waals surface area contributed by atoms with Gasteiger partial charge in [0, 0.05) is 11.3 Å². The van der Waals surface area contributed by atoms with Crippen molar-refractivity contribution < 1.29 is 23.1 Å². The molecule has 1 aromatic carbocycles. The largest absolute Gasteiger partial charge is 0.478 e. The molecule has 136 valence electrons. The molecule has 0 unspecified atom stereocenters. The van der Waals surface area contributed by atoms with Crippen molar-refractivity contribution in [1.82, 2.24) is 9.38 Å². The van der Waals surface area contributed by atoms with Gasteiger partial charge in [0.05, 0.1) is 16.6 Å². The lowest BCUT2D eigenvalue weighted by Crippen LogP contribution is -2.12. The van der Waals surface area contributed by atoms with E-state index in [4.69, 9.17) is 0 Å². The lowest BCUT2D eigenvalue weighted by Gasteiger charge is -2.10. The summed E-state index contributed by atoms with van der Waals surface area (Å²) in [7, 11) is 0. The number of nitrogens with zero attached hydrogens (tertiary/aromatic N) is 1. The number of aromatic nitrogens is 2. The second-order valence-electron chi connectivity index (χ2n) is 5.95. The van der Waals surface area contributed by atoms with E-state index in [1.54, 1.807) is 19.9 Å². The Bertz CT molecular complexity index is 1120. The minimum atomic E-state index is -4.53. The predicted octanol–water partition coefficient (Wildman–Crippen LogP) is 3.99. The number of aromatic amines is 1. The fraction of sp³-hybridized carbons (Fsp3) is 0.222. The molecule has 3 aromatic rings. The van der Waals surface area contributed by atoms with Crippen molar-refractivity contribution in [3.05, 3.63) is 57.0 Å². The Kier molecular flexibility index (Phi) is 4.14. The zero-order valence-electron chi connectivity index (χ0n) is 13.9. The van der Waals surface area contributed by atoms with E-state index in [2.05, 4.69) is 4.98 Å². The zero-order chi connectivity index (χ0) is 19.2. The van der Waals surface area contributed by atoms with Gasteiger partial charge >= 0.3 is 12.1 Å². The summed E-state index contributed by atoms with van der Waals surface area (Å²) in [5.74, 6) is -1.09. The van der Waals surface area contributed by atoms with Gasteiger partial charge < -0.3 is 14.5 Å². The lowest BCUT2D eigenvalue weighted by molar-refractivity contribution is -0.137. The molecule has 0 aliphatic heterocycles. The standard InChI is InChI=1S/C18H15F3N2O3/c1-3-10(17(25)26)7-14-9(2)6-15-16(24)22-12-8-11(18(19,20)21)4-5-13(12)23(14)15/h4-8H,3H2,1-2H3,(H,22,24)(H,25,26). The van der Waals surface area contributed by atoms with Crippen LogP contribution in [0.25, 0.3) is 22.6 Å². The van der Waals surface area contributed by atoms with Crippen molar-refractivity contribution in [2.24, 2.45) is 0 Å². The normalized spacial score (nSPS) is 12.9. The highest BCUT2D eigenvalue weighted by molar-refractivity contribution is 5.93. The molecule has 0 aliphatic carbocycles. The fourth-order valence-corrected chi connectivity index (χ4v) is 2.93. The molecule has 0 saturated heterocycles. The third-order valence-corrected chi connectivity index (χ3v) is 4.25. The van der Waals surface area contributed by atoms with Gasteiger partial charge in [-0.2, -0.15) is 13.2 Å². The maximum atomic E-state index is 12.9. The van der Waals surface area contributed by atoms with Crippen LogP contribution in [0, 0.1) is 6.92 Å². The van der Waals surface area contributed by atoms with E-state index in [9.17, 15) is 27.9 Å². The molecular weight excluding hydrogens is 349 g/mol. The van der Waals surface area contributed by atoms with E-state index in [1.807, 2.05) is 0 Å². The summed E-state index contributed by atoms with van der Waals surface area (Å²) in [6, 6.07) is 4.65. The molecule has 3 rings (SSSR count). The van der Waals surface area contributed by atoms with Gasteiger partial charge in [0.15, 0.2) is 0 Å². The average Bonchev–Trinajstić information content (AvgIpc) is 2.88. The molecule has 0 amide bonds. The summed E-state index contributed by atoms with van der Waals surface area (Å²) in [4.78, 5) is 26.1. The lowest BCUT2D eigenvalue weighted by atomic mass is 10.1. The van der Waals surface area contributed by atoms with Crippen molar-refractivity contribution in [3.8, 4) is 0 Å². The highest BCUT2D eigenvalue weighted by Gasteiger charge is 2.30. The maximum Gasteiger partial charge on any atom is 0.416 e.